The van der Waals surface area contributed by atoms with E-state index in [1.807, 2.05) is 61.0 Å². The third-order valence-electron chi connectivity index (χ3n) is 4.66. The molecule has 0 aliphatic carbocycles. The van der Waals surface area contributed by atoms with Gasteiger partial charge in [0.25, 0.3) is 0 Å². The molecule has 0 spiro atoms. The van der Waals surface area contributed by atoms with Crippen molar-refractivity contribution >= 4 is 16.5 Å². The van der Waals surface area contributed by atoms with Crippen molar-refractivity contribution in [1.29, 1.82) is 0 Å². The summed E-state index contributed by atoms with van der Waals surface area (Å²) in [5.74, 6) is 1.50. The van der Waals surface area contributed by atoms with E-state index < -0.39 is 0 Å². The van der Waals surface area contributed by atoms with Crippen molar-refractivity contribution in [3.8, 4) is 11.5 Å². The Balaban J connectivity index is 1.83. The molecule has 0 unspecified atom stereocenters. The fourth-order valence-corrected chi connectivity index (χ4v) is 3.13. The number of aliphatic hydroxyl groups is 1. The monoisotopic (exact) mass is 362 g/mol. The summed E-state index contributed by atoms with van der Waals surface area (Å²) < 4.78 is 13.1. The molecule has 0 atom stereocenters. The van der Waals surface area contributed by atoms with Crippen molar-refractivity contribution in [1.82, 2.24) is 9.78 Å². The van der Waals surface area contributed by atoms with Gasteiger partial charge in [-0.25, -0.2) is 0 Å². The van der Waals surface area contributed by atoms with Crippen LogP contribution in [0.4, 0.5) is 0 Å². The molecule has 0 radical (unpaired) electrons. The van der Waals surface area contributed by atoms with Gasteiger partial charge in [0.05, 0.1) is 24.4 Å². The summed E-state index contributed by atoms with van der Waals surface area (Å²) >= 11 is 0. The highest BCUT2D eigenvalue weighted by Crippen LogP contribution is 2.38. The lowest BCUT2D eigenvalue weighted by molar-refractivity contribution is 0.174. The summed E-state index contributed by atoms with van der Waals surface area (Å²) in [5.41, 5.74) is 5.03. The highest BCUT2D eigenvalue weighted by molar-refractivity contribution is 5.93. The number of aromatic nitrogens is 2. The Morgan fingerprint density at radius 2 is 1.85 bits per heavy atom. The van der Waals surface area contributed by atoms with Crippen molar-refractivity contribution < 1.29 is 14.6 Å². The summed E-state index contributed by atoms with van der Waals surface area (Å²) in [7, 11) is 0. The first kappa shape index (κ1) is 17.4. The lowest BCUT2D eigenvalue weighted by Gasteiger charge is -2.04. The molecule has 1 aliphatic heterocycles. The van der Waals surface area contributed by atoms with E-state index in [1.165, 1.54) is 5.56 Å². The van der Waals surface area contributed by atoms with E-state index in [1.54, 1.807) is 0 Å². The molecule has 0 amide bonds. The Kier molecular flexibility index (Phi) is 4.69. The zero-order valence-electron chi connectivity index (χ0n) is 15.5. The largest absolute Gasteiger partial charge is 0.454 e. The van der Waals surface area contributed by atoms with Gasteiger partial charge in [-0.3, -0.25) is 4.68 Å². The van der Waals surface area contributed by atoms with Crippen LogP contribution in [0.2, 0.25) is 0 Å². The summed E-state index contributed by atoms with van der Waals surface area (Å²) in [4.78, 5) is 0. The minimum atomic E-state index is 0.0473. The van der Waals surface area contributed by atoms with E-state index in [-0.39, 0.29) is 13.4 Å². The van der Waals surface area contributed by atoms with E-state index in [9.17, 15) is 5.11 Å². The number of allylic oxidation sites excluding steroid dienone is 3. The molecule has 0 fully saturated rings. The summed E-state index contributed by atoms with van der Waals surface area (Å²) in [6.45, 7) is 4.90. The quantitative estimate of drug-likeness (QED) is 0.693. The maximum Gasteiger partial charge on any atom is 0.231 e. The van der Waals surface area contributed by atoms with Gasteiger partial charge >= 0.3 is 0 Å². The second-order valence-corrected chi connectivity index (χ2v) is 6.74. The Morgan fingerprint density at radius 3 is 2.59 bits per heavy atom. The maximum atomic E-state index is 9.22. The Morgan fingerprint density at radius 1 is 1.11 bits per heavy atom. The Labute approximate surface area is 158 Å². The lowest BCUT2D eigenvalue weighted by atomic mass is 10.1. The van der Waals surface area contributed by atoms with Crippen molar-refractivity contribution in [3.63, 3.8) is 0 Å². The van der Waals surface area contributed by atoms with Crippen LogP contribution >= 0.6 is 0 Å². The van der Waals surface area contributed by atoms with Gasteiger partial charge in [0.2, 0.25) is 6.79 Å². The lowest BCUT2D eigenvalue weighted by Crippen LogP contribution is -2.02. The average Bonchev–Trinajstić information content (AvgIpc) is 3.29. The predicted octanol–water partition coefficient (Wildman–Crippen LogP) is 4.16. The molecule has 2 heterocycles. The highest BCUT2D eigenvalue weighted by atomic mass is 16.7. The highest BCUT2D eigenvalue weighted by Gasteiger charge is 2.20. The zero-order valence-corrected chi connectivity index (χ0v) is 15.5. The summed E-state index contributed by atoms with van der Waals surface area (Å²) in [5, 5.41) is 15.1. The van der Waals surface area contributed by atoms with Crippen LogP contribution in [-0.2, 0) is 6.54 Å². The molecule has 1 aliphatic rings. The van der Waals surface area contributed by atoms with Crippen LogP contribution in [0, 0.1) is 0 Å². The summed E-state index contributed by atoms with van der Waals surface area (Å²) in [6.07, 6.45) is 3.91. The first-order chi connectivity index (χ1) is 13.2. The van der Waals surface area contributed by atoms with Crippen LogP contribution in [0.25, 0.3) is 16.5 Å². The Bertz CT molecular complexity index is 1030. The van der Waals surface area contributed by atoms with Gasteiger partial charge in [-0.1, -0.05) is 42.5 Å². The van der Waals surface area contributed by atoms with E-state index in [0.29, 0.717) is 6.54 Å². The third kappa shape index (κ3) is 3.46. The van der Waals surface area contributed by atoms with Gasteiger partial charge in [-0.2, -0.15) is 5.10 Å². The molecular weight excluding hydrogens is 340 g/mol. The van der Waals surface area contributed by atoms with Gasteiger partial charge in [-0.15, -0.1) is 0 Å². The van der Waals surface area contributed by atoms with Crippen LogP contribution in [0.3, 0.4) is 0 Å². The van der Waals surface area contributed by atoms with E-state index in [4.69, 9.17) is 14.6 Å². The van der Waals surface area contributed by atoms with Crippen molar-refractivity contribution in [2.45, 2.75) is 20.4 Å². The van der Waals surface area contributed by atoms with Crippen molar-refractivity contribution in [3.05, 3.63) is 71.4 Å². The van der Waals surface area contributed by atoms with Crippen LogP contribution in [-0.4, -0.2) is 28.3 Å². The number of ether oxygens (including phenoxy) is 2. The molecule has 138 valence electrons. The first-order valence-corrected chi connectivity index (χ1v) is 8.95. The van der Waals surface area contributed by atoms with Crippen molar-refractivity contribution in [2.75, 3.05) is 13.4 Å². The minimum Gasteiger partial charge on any atom is -0.454 e. The normalized spacial score (nSPS) is 14.2. The van der Waals surface area contributed by atoms with E-state index in [2.05, 4.69) is 12.1 Å². The second kappa shape index (κ2) is 7.29. The van der Waals surface area contributed by atoms with Crippen LogP contribution in [0.1, 0.15) is 25.1 Å². The molecule has 0 saturated heterocycles. The molecular formula is C22H22N2O3. The van der Waals surface area contributed by atoms with Crippen LogP contribution < -0.4 is 9.47 Å². The number of hydrogen-bond acceptors (Lipinski definition) is 4. The SMILES string of the molecule is C/C(=C\C=C(/C)c1nn(Cc2ccccc2)c2cc3c(cc12)OCO3)CO. The second-order valence-electron chi connectivity index (χ2n) is 6.74. The van der Waals surface area contributed by atoms with Gasteiger partial charge in [0, 0.05) is 11.5 Å². The molecule has 5 nitrogen and oxygen atoms in total. The van der Waals surface area contributed by atoms with Gasteiger partial charge in [0.1, 0.15) is 0 Å². The predicted molar refractivity (Wildman–Crippen MR) is 106 cm³/mol. The summed E-state index contributed by atoms with van der Waals surface area (Å²) in [6, 6.07) is 14.3. The standard InChI is InChI=1S/C22H22N2O3/c1-15(13-25)8-9-16(2)22-18-10-20-21(27-14-26-20)11-19(18)24(23-22)12-17-6-4-3-5-7-17/h3-11,25H,12-14H2,1-2H3/b15-8+,16-9+. The molecule has 2 aromatic carbocycles. The maximum absolute atomic E-state index is 9.22. The van der Waals surface area contributed by atoms with Crippen molar-refractivity contribution in [2.24, 2.45) is 0 Å². The molecule has 0 bridgehead atoms. The topological polar surface area (TPSA) is 56.5 Å². The molecule has 1 N–H and O–H groups in total. The number of nitrogens with zero attached hydrogens (tertiary/aromatic N) is 2. The molecule has 5 heteroatoms. The molecule has 4 rings (SSSR count). The third-order valence-corrected chi connectivity index (χ3v) is 4.66. The fourth-order valence-electron chi connectivity index (χ4n) is 3.13. The van der Waals surface area contributed by atoms with Crippen LogP contribution in [0.15, 0.2) is 60.2 Å². The molecule has 3 aromatic rings. The smallest absolute Gasteiger partial charge is 0.231 e. The van der Waals surface area contributed by atoms with Gasteiger partial charge in [0.15, 0.2) is 11.5 Å². The first-order valence-electron chi connectivity index (χ1n) is 8.95. The van der Waals surface area contributed by atoms with Crippen LogP contribution in [0.5, 0.6) is 11.5 Å². The number of benzene rings is 2. The number of fused-ring (bicyclic) bond motifs is 2. The van der Waals surface area contributed by atoms with E-state index in [0.717, 1.165) is 39.2 Å². The molecule has 0 saturated carbocycles. The zero-order chi connectivity index (χ0) is 18.8. The minimum absolute atomic E-state index is 0.0473. The fraction of sp³-hybridized carbons (Fsp3) is 0.227. The average molecular weight is 362 g/mol. The van der Waals surface area contributed by atoms with E-state index >= 15 is 0 Å². The Hall–Kier alpha value is -3.05. The van der Waals surface area contributed by atoms with Gasteiger partial charge < -0.3 is 14.6 Å². The number of hydrogen-bond donors (Lipinski definition) is 1. The molecule has 27 heavy (non-hydrogen) atoms. The van der Waals surface area contributed by atoms with Gasteiger partial charge in [-0.05, 0) is 36.6 Å². The number of rotatable bonds is 5. The number of aliphatic hydroxyl groups excluding tert-OH is 1. The molecule has 1 aromatic heterocycles.